The maximum Gasteiger partial charge on any atom is 0.299 e. The molecule has 0 heterocycles. The van der Waals surface area contributed by atoms with Gasteiger partial charge in [0.15, 0.2) is 0 Å². The topological polar surface area (TPSA) is 124 Å². The standard InChI is InChI=1S/C7H7N3O4.C6H7N/c1-8-6-3-2-5(9(11)12)4-7(6)10(13)14;7-6-4-2-1-3-5-6/h2-4,8H,1H3;1-5H,7H2. The molecule has 0 atom stereocenters. The predicted molar refractivity (Wildman–Crippen MR) is 80.2 cm³/mol. The summed E-state index contributed by atoms with van der Waals surface area (Å²) in [4.78, 5) is 19.5. The predicted octanol–water partition coefficient (Wildman–Crippen LogP) is 2.81. The van der Waals surface area contributed by atoms with Crippen molar-refractivity contribution in [2.75, 3.05) is 18.1 Å². The van der Waals surface area contributed by atoms with E-state index in [9.17, 15) is 20.2 Å². The summed E-state index contributed by atoms with van der Waals surface area (Å²) in [6.07, 6.45) is 0. The Hall–Kier alpha value is -3.16. The molecule has 0 saturated carbocycles. The first kappa shape index (κ1) is 15.9. The summed E-state index contributed by atoms with van der Waals surface area (Å²) in [6, 6.07) is 12.9. The molecule has 0 saturated heterocycles. The van der Waals surface area contributed by atoms with Crippen LogP contribution in [-0.4, -0.2) is 16.9 Å². The Morgan fingerprint density at radius 1 is 1.00 bits per heavy atom. The molecule has 0 radical (unpaired) electrons. The van der Waals surface area contributed by atoms with Crippen molar-refractivity contribution in [1.29, 1.82) is 0 Å². The van der Waals surface area contributed by atoms with E-state index in [0.717, 1.165) is 11.8 Å². The zero-order valence-electron chi connectivity index (χ0n) is 11.2. The maximum atomic E-state index is 10.5. The fraction of sp³-hybridized carbons (Fsp3) is 0.0769. The van der Waals surface area contributed by atoms with Crippen LogP contribution in [0.5, 0.6) is 0 Å². The van der Waals surface area contributed by atoms with E-state index in [1.54, 1.807) is 0 Å². The van der Waals surface area contributed by atoms with Gasteiger partial charge in [0.1, 0.15) is 5.69 Å². The maximum absolute atomic E-state index is 10.5. The quantitative estimate of drug-likeness (QED) is 0.508. The van der Waals surface area contributed by atoms with E-state index in [1.165, 1.54) is 19.2 Å². The average molecular weight is 290 g/mol. The van der Waals surface area contributed by atoms with Gasteiger partial charge in [-0.15, -0.1) is 0 Å². The Labute approximate surface area is 120 Å². The molecule has 0 amide bonds. The number of hydrogen-bond donors (Lipinski definition) is 2. The number of benzene rings is 2. The van der Waals surface area contributed by atoms with Crippen LogP contribution in [0.3, 0.4) is 0 Å². The minimum Gasteiger partial charge on any atom is -0.399 e. The molecule has 2 aromatic carbocycles. The molecule has 0 fully saturated rings. The van der Waals surface area contributed by atoms with Crippen LogP contribution in [0, 0.1) is 20.2 Å². The van der Waals surface area contributed by atoms with Gasteiger partial charge in [-0.1, -0.05) is 18.2 Å². The number of hydrogen-bond acceptors (Lipinski definition) is 6. The number of nitrogens with zero attached hydrogens (tertiary/aromatic N) is 2. The van der Waals surface area contributed by atoms with Crippen LogP contribution in [0.25, 0.3) is 0 Å². The lowest BCUT2D eigenvalue weighted by molar-refractivity contribution is -0.393. The van der Waals surface area contributed by atoms with Gasteiger partial charge in [-0.2, -0.15) is 0 Å². The second kappa shape index (κ2) is 7.43. The number of nitro benzene ring substituents is 2. The third-order valence-electron chi connectivity index (χ3n) is 2.46. The van der Waals surface area contributed by atoms with Crippen LogP contribution in [-0.2, 0) is 0 Å². The van der Waals surface area contributed by atoms with Crippen LogP contribution >= 0.6 is 0 Å². The summed E-state index contributed by atoms with van der Waals surface area (Å²) in [5.74, 6) is 0. The first-order chi connectivity index (χ1) is 9.95. The Morgan fingerprint density at radius 2 is 1.62 bits per heavy atom. The van der Waals surface area contributed by atoms with E-state index >= 15 is 0 Å². The minimum absolute atomic E-state index is 0.251. The number of rotatable bonds is 3. The van der Waals surface area contributed by atoms with E-state index in [-0.39, 0.29) is 17.1 Å². The van der Waals surface area contributed by atoms with Crippen LogP contribution in [0.4, 0.5) is 22.7 Å². The first-order valence-corrected chi connectivity index (χ1v) is 5.86. The number of nitrogens with one attached hydrogen (secondary N) is 1. The molecule has 21 heavy (non-hydrogen) atoms. The number of para-hydroxylation sites is 1. The summed E-state index contributed by atoms with van der Waals surface area (Å²) < 4.78 is 0. The first-order valence-electron chi connectivity index (χ1n) is 5.86. The van der Waals surface area contributed by atoms with Gasteiger partial charge in [-0.3, -0.25) is 20.2 Å². The second-order valence-corrected chi connectivity index (χ2v) is 3.88. The van der Waals surface area contributed by atoms with Gasteiger partial charge in [0.2, 0.25) is 0 Å². The van der Waals surface area contributed by atoms with Crippen molar-refractivity contribution in [3.05, 3.63) is 68.8 Å². The molecule has 110 valence electrons. The van der Waals surface area contributed by atoms with E-state index in [4.69, 9.17) is 5.73 Å². The molecule has 0 spiro atoms. The molecule has 2 aromatic rings. The highest BCUT2D eigenvalue weighted by atomic mass is 16.6. The van der Waals surface area contributed by atoms with Crippen molar-refractivity contribution >= 4 is 22.7 Å². The smallest absolute Gasteiger partial charge is 0.299 e. The van der Waals surface area contributed by atoms with E-state index in [2.05, 4.69) is 5.32 Å². The van der Waals surface area contributed by atoms with E-state index in [0.29, 0.717) is 0 Å². The lowest BCUT2D eigenvalue weighted by atomic mass is 10.2. The fourth-order valence-electron chi connectivity index (χ4n) is 1.45. The Balaban J connectivity index is 0.000000262. The van der Waals surface area contributed by atoms with Crippen molar-refractivity contribution in [2.24, 2.45) is 0 Å². The number of anilines is 2. The SMILES string of the molecule is CNc1ccc([N+](=O)[O-])cc1[N+](=O)[O-].Nc1ccccc1. The highest BCUT2D eigenvalue weighted by molar-refractivity contribution is 5.64. The molecule has 0 aliphatic heterocycles. The monoisotopic (exact) mass is 290 g/mol. The number of nitrogens with two attached hydrogens (primary N) is 1. The van der Waals surface area contributed by atoms with Crippen molar-refractivity contribution in [3.63, 3.8) is 0 Å². The van der Waals surface area contributed by atoms with Gasteiger partial charge in [-0.05, 0) is 18.2 Å². The van der Waals surface area contributed by atoms with Gasteiger partial charge in [0.25, 0.3) is 11.4 Å². The number of non-ortho nitro benzene ring substituents is 1. The van der Waals surface area contributed by atoms with Crippen molar-refractivity contribution in [1.82, 2.24) is 0 Å². The van der Waals surface area contributed by atoms with Gasteiger partial charge in [0.05, 0.1) is 15.9 Å². The normalized spacial score (nSPS) is 9.19. The van der Waals surface area contributed by atoms with Crippen LogP contribution < -0.4 is 11.1 Å². The molecule has 3 N–H and O–H groups in total. The Morgan fingerprint density at radius 3 is 2.00 bits per heavy atom. The van der Waals surface area contributed by atoms with Gasteiger partial charge in [-0.25, -0.2) is 0 Å². The summed E-state index contributed by atoms with van der Waals surface area (Å²) >= 11 is 0. The zero-order valence-corrected chi connectivity index (χ0v) is 11.2. The highest BCUT2D eigenvalue weighted by Gasteiger charge is 2.17. The van der Waals surface area contributed by atoms with Gasteiger partial charge in [0, 0.05) is 18.8 Å². The average Bonchev–Trinajstić information content (AvgIpc) is 2.47. The molecule has 8 heteroatoms. The number of nitrogen functional groups attached to an aromatic ring is 1. The number of nitro groups is 2. The van der Waals surface area contributed by atoms with Gasteiger partial charge >= 0.3 is 0 Å². The molecule has 0 aliphatic rings. The van der Waals surface area contributed by atoms with Crippen LogP contribution in [0.2, 0.25) is 0 Å². The Bertz CT molecular complexity index is 631. The third kappa shape index (κ3) is 4.78. The van der Waals surface area contributed by atoms with E-state index in [1.807, 2.05) is 30.3 Å². The largest absolute Gasteiger partial charge is 0.399 e. The van der Waals surface area contributed by atoms with Crippen molar-refractivity contribution in [2.45, 2.75) is 0 Å². The van der Waals surface area contributed by atoms with Crippen LogP contribution in [0.15, 0.2) is 48.5 Å². The lowest BCUT2D eigenvalue weighted by Gasteiger charge is -2.00. The van der Waals surface area contributed by atoms with E-state index < -0.39 is 9.85 Å². The summed E-state index contributed by atoms with van der Waals surface area (Å²) in [7, 11) is 1.51. The molecule has 0 aliphatic carbocycles. The summed E-state index contributed by atoms with van der Waals surface area (Å²) in [5.41, 5.74) is 5.83. The summed E-state index contributed by atoms with van der Waals surface area (Å²) in [6.45, 7) is 0. The molecule has 0 bridgehead atoms. The van der Waals surface area contributed by atoms with Crippen LogP contribution in [0.1, 0.15) is 0 Å². The highest BCUT2D eigenvalue weighted by Crippen LogP contribution is 2.28. The molecular formula is C13H14N4O4. The van der Waals surface area contributed by atoms with Gasteiger partial charge < -0.3 is 11.1 Å². The minimum atomic E-state index is -0.674. The lowest BCUT2D eigenvalue weighted by Crippen LogP contribution is -1.98. The Kier molecular flexibility index (Phi) is 5.63. The molecule has 0 aromatic heterocycles. The molecule has 2 rings (SSSR count). The third-order valence-corrected chi connectivity index (χ3v) is 2.46. The van der Waals surface area contributed by atoms with Crippen molar-refractivity contribution in [3.8, 4) is 0 Å². The molecular weight excluding hydrogens is 276 g/mol. The fourth-order valence-corrected chi connectivity index (χ4v) is 1.45. The molecule has 8 nitrogen and oxygen atoms in total. The molecule has 0 unspecified atom stereocenters. The zero-order chi connectivity index (χ0) is 15.8. The van der Waals surface area contributed by atoms with Crippen molar-refractivity contribution < 1.29 is 9.85 Å². The summed E-state index contributed by atoms with van der Waals surface area (Å²) in [5, 5.41) is 23.4. The second-order valence-electron chi connectivity index (χ2n) is 3.88.